The molecule has 1 aromatic carbocycles. The molecule has 0 N–H and O–H groups in total. The second kappa shape index (κ2) is 6.40. The molecular weight excluding hydrogens is 326 g/mol. The molecule has 4 aromatic rings. The van der Waals surface area contributed by atoms with Crippen molar-refractivity contribution in [2.24, 2.45) is 0 Å². The number of aromatic nitrogens is 4. The highest BCUT2D eigenvalue weighted by atomic mass is 16.1. The number of anilines is 1. The second-order valence-corrected chi connectivity index (χ2v) is 6.16. The van der Waals surface area contributed by atoms with Crippen LogP contribution in [0.5, 0.6) is 0 Å². The number of benzene rings is 1. The first kappa shape index (κ1) is 16.0. The van der Waals surface area contributed by atoms with Crippen molar-refractivity contribution < 1.29 is 4.79 Å². The highest BCUT2D eigenvalue weighted by molar-refractivity contribution is 5.83. The van der Waals surface area contributed by atoms with E-state index in [1.165, 1.54) is 0 Å². The maximum atomic E-state index is 11.3. The third kappa shape index (κ3) is 2.82. The first-order chi connectivity index (χ1) is 12.7. The summed E-state index contributed by atoms with van der Waals surface area (Å²) < 4.78 is 1.71. The van der Waals surface area contributed by atoms with Crippen molar-refractivity contribution in [2.75, 3.05) is 19.0 Å². The lowest BCUT2D eigenvalue weighted by Gasteiger charge is -2.13. The Balaban J connectivity index is 1.90. The third-order valence-electron chi connectivity index (χ3n) is 4.14. The summed E-state index contributed by atoms with van der Waals surface area (Å²) in [6.45, 7) is 0. The number of aldehydes is 1. The van der Waals surface area contributed by atoms with Gasteiger partial charge in [-0.2, -0.15) is 5.10 Å². The Labute approximate surface area is 150 Å². The van der Waals surface area contributed by atoms with Crippen LogP contribution in [0.4, 0.5) is 5.82 Å². The average Bonchev–Trinajstić information content (AvgIpc) is 3.11. The molecule has 6 nitrogen and oxygen atoms in total. The molecule has 128 valence electrons. The summed E-state index contributed by atoms with van der Waals surface area (Å²) >= 11 is 0. The van der Waals surface area contributed by atoms with Gasteiger partial charge in [-0.15, -0.1) is 0 Å². The van der Waals surface area contributed by atoms with Crippen molar-refractivity contribution in [2.45, 2.75) is 0 Å². The van der Waals surface area contributed by atoms with E-state index in [1.54, 1.807) is 22.8 Å². The number of carbonyl (C=O) groups excluding carboxylic acids is 1. The molecule has 0 unspecified atom stereocenters. The van der Waals surface area contributed by atoms with Crippen LogP contribution in [-0.4, -0.2) is 40.0 Å². The average molecular weight is 343 g/mol. The fourth-order valence-electron chi connectivity index (χ4n) is 2.79. The fourth-order valence-corrected chi connectivity index (χ4v) is 2.79. The van der Waals surface area contributed by atoms with Crippen LogP contribution in [-0.2, 0) is 0 Å². The van der Waals surface area contributed by atoms with Crippen LogP contribution in [0.15, 0.2) is 60.9 Å². The number of carbonyl (C=O) groups is 1. The molecule has 0 saturated heterocycles. The molecule has 0 aliphatic rings. The molecule has 26 heavy (non-hydrogen) atoms. The van der Waals surface area contributed by atoms with Gasteiger partial charge < -0.3 is 4.90 Å². The van der Waals surface area contributed by atoms with Gasteiger partial charge in [0.2, 0.25) is 0 Å². The summed E-state index contributed by atoms with van der Waals surface area (Å²) in [5.74, 6) is 0.711. The van der Waals surface area contributed by atoms with E-state index in [4.69, 9.17) is 4.98 Å². The molecule has 0 radical (unpaired) electrons. The minimum Gasteiger partial charge on any atom is -0.363 e. The molecule has 0 saturated carbocycles. The Hall–Kier alpha value is -3.54. The van der Waals surface area contributed by atoms with Crippen molar-refractivity contribution >= 4 is 17.8 Å². The standard InChI is InChI=1S/C20H17N5O/c1-24(2)19-11-14(13-26)10-18(22-19)16-12-21-25-9-8-17(23-20(16)25)15-6-4-3-5-7-15/h3-13H,1-2H3. The van der Waals surface area contributed by atoms with E-state index >= 15 is 0 Å². The highest BCUT2D eigenvalue weighted by Crippen LogP contribution is 2.26. The maximum Gasteiger partial charge on any atom is 0.164 e. The van der Waals surface area contributed by atoms with Crippen LogP contribution in [0.1, 0.15) is 10.4 Å². The van der Waals surface area contributed by atoms with E-state index in [-0.39, 0.29) is 0 Å². The number of nitrogens with zero attached hydrogens (tertiary/aromatic N) is 5. The Bertz CT molecular complexity index is 1090. The van der Waals surface area contributed by atoms with Crippen molar-refractivity contribution in [3.8, 4) is 22.5 Å². The zero-order valence-corrected chi connectivity index (χ0v) is 14.5. The maximum absolute atomic E-state index is 11.3. The second-order valence-electron chi connectivity index (χ2n) is 6.16. The van der Waals surface area contributed by atoms with Gasteiger partial charge in [-0.25, -0.2) is 14.5 Å². The molecule has 0 fully saturated rings. The first-order valence-electron chi connectivity index (χ1n) is 8.20. The van der Waals surface area contributed by atoms with Gasteiger partial charge in [-0.1, -0.05) is 30.3 Å². The van der Waals surface area contributed by atoms with Gasteiger partial charge >= 0.3 is 0 Å². The van der Waals surface area contributed by atoms with E-state index < -0.39 is 0 Å². The number of hydrogen-bond donors (Lipinski definition) is 0. The summed E-state index contributed by atoms with van der Waals surface area (Å²) in [4.78, 5) is 22.6. The summed E-state index contributed by atoms with van der Waals surface area (Å²) in [6.07, 6.45) is 4.44. The molecular formula is C20H17N5O. The van der Waals surface area contributed by atoms with Crippen LogP contribution in [0.25, 0.3) is 28.2 Å². The van der Waals surface area contributed by atoms with Gasteiger partial charge in [-0.3, -0.25) is 4.79 Å². The molecule has 0 atom stereocenters. The zero-order valence-electron chi connectivity index (χ0n) is 14.5. The van der Waals surface area contributed by atoms with E-state index in [1.807, 2.05) is 61.6 Å². The van der Waals surface area contributed by atoms with Gasteiger partial charge in [0.15, 0.2) is 5.65 Å². The zero-order chi connectivity index (χ0) is 18.1. The van der Waals surface area contributed by atoms with Crippen LogP contribution in [0, 0.1) is 0 Å². The highest BCUT2D eigenvalue weighted by Gasteiger charge is 2.13. The summed E-state index contributed by atoms with van der Waals surface area (Å²) in [5, 5.41) is 4.37. The SMILES string of the molecule is CN(C)c1cc(C=O)cc(-c2cnn3ccc(-c4ccccc4)nc23)n1. The summed E-state index contributed by atoms with van der Waals surface area (Å²) in [6, 6.07) is 15.4. The van der Waals surface area contributed by atoms with Crippen molar-refractivity contribution in [3.05, 3.63) is 66.5 Å². The van der Waals surface area contributed by atoms with Gasteiger partial charge in [0.25, 0.3) is 0 Å². The smallest absolute Gasteiger partial charge is 0.164 e. The molecule has 6 heteroatoms. The van der Waals surface area contributed by atoms with Crippen molar-refractivity contribution in [3.63, 3.8) is 0 Å². The van der Waals surface area contributed by atoms with Crippen molar-refractivity contribution in [1.82, 2.24) is 19.6 Å². The van der Waals surface area contributed by atoms with Crippen LogP contribution in [0.3, 0.4) is 0 Å². The summed E-state index contributed by atoms with van der Waals surface area (Å²) in [7, 11) is 3.78. The fraction of sp³-hybridized carbons (Fsp3) is 0.100. The van der Waals surface area contributed by atoms with E-state index in [0.717, 1.165) is 23.1 Å². The number of fused-ring (bicyclic) bond motifs is 1. The quantitative estimate of drug-likeness (QED) is 0.532. The van der Waals surface area contributed by atoms with Crippen molar-refractivity contribution in [1.29, 1.82) is 0 Å². The monoisotopic (exact) mass is 343 g/mol. The number of pyridine rings is 1. The Morgan fingerprint density at radius 2 is 1.81 bits per heavy atom. The van der Waals surface area contributed by atoms with E-state index in [2.05, 4.69) is 10.1 Å². The molecule has 0 aliphatic heterocycles. The third-order valence-corrected chi connectivity index (χ3v) is 4.14. The molecule has 4 rings (SSSR count). The minimum atomic E-state index is 0.567. The van der Waals surface area contributed by atoms with Gasteiger partial charge in [0.1, 0.15) is 12.1 Å². The van der Waals surface area contributed by atoms with E-state index in [9.17, 15) is 4.79 Å². The van der Waals surface area contributed by atoms with Gasteiger partial charge in [0, 0.05) is 31.4 Å². The molecule has 0 spiro atoms. The molecule has 0 bridgehead atoms. The van der Waals surface area contributed by atoms with Crippen LogP contribution in [0.2, 0.25) is 0 Å². The first-order valence-corrected chi connectivity index (χ1v) is 8.20. The Morgan fingerprint density at radius 3 is 2.54 bits per heavy atom. The number of rotatable bonds is 4. The van der Waals surface area contributed by atoms with Crippen LogP contribution < -0.4 is 4.90 Å². The predicted octanol–water partition coefficient (Wildman–Crippen LogP) is 3.34. The normalized spacial score (nSPS) is 10.8. The van der Waals surface area contributed by atoms with Crippen LogP contribution >= 0.6 is 0 Å². The van der Waals surface area contributed by atoms with Gasteiger partial charge in [-0.05, 0) is 18.2 Å². The molecule has 3 aromatic heterocycles. The predicted molar refractivity (Wildman–Crippen MR) is 101 cm³/mol. The summed E-state index contributed by atoms with van der Waals surface area (Å²) in [5.41, 5.74) is 4.62. The molecule has 3 heterocycles. The number of hydrogen-bond acceptors (Lipinski definition) is 5. The Morgan fingerprint density at radius 1 is 1.00 bits per heavy atom. The topological polar surface area (TPSA) is 63.4 Å². The largest absolute Gasteiger partial charge is 0.363 e. The van der Waals surface area contributed by atoms with E-state index in [0.29, 0.717) is 22.7 Å². The lowest BCUT2D eigenvalue weighted by molar-refractivity contribution is 0.112. The molecule has 0 amide bonds. The minimum absolute atomic E-state index is 0.567. The van der Waals surface area contributed by atoms with Gasteiger partial charge in [0.05, 0.1) is 23.1 Å². The Kier molecular flexibility index (Phi) is 3.93. The lowest BCUT2D eigenvalue weighted by Crippen LogP contribution is -2.11. The lowest BCUT2D eigenvalue weighted by atomic mass is 10.1. The molecule has 0 aliphatic carbocycles.